The van der Waals surface area contributed by atoms with Crippen molar-refractivity contribution in [3.05, 3.63) is 84.5 Å². The van der Waals surface area contributed by atoms with Crippen LogP contribution in [0.4, 0.5) is 8.78 Å². The summed E-state index contributed by atoms with van der Waals surface area (Å²) in [6.07, 6.45) is 3.59. The van der Waals surface area contributed by atoms with Gasteiger partial charge in [0.2, 0.25) is 0 Å². The van der Waals surface area contributed by atoms with Gasteiger partial charge in [-0.1, -0.05) is 29.5 Å². The number of ether oxygens (including phenoxy) is 3. The molecule has 37 heavy (non-hydrogen) atoms. The summed E-state index contributed by atoms with van der Waals surface area (Å²) in [5.41, 5.74) is 1.72. The van der Waals surface area contributed by atoms with Crippen molar-refractivity contribution in [3.8, 4) is 11.5 Å². The third-order valence-electron chi connectivity index (χ3n) is 5.65. The zero-order valence-electron chi connectivity index (χ0n) is 20.5. The van der Waals surface area contributed by atoms with Crippen molar-refractivity contribution in [3.63, 3.8) is 0 Å². The first-order valence-corrected chi connectivity index (χ1v) is 13.3. The van der Waals surface area contributed by atoms with E-state index in [2.05, 4.69) is 9.73 Å². The lowest BCUT2D eigenvalue weighted by Crippen LogP contribution is -2.39. The van der Waals surface area contributed by atoms with E-state index in [0.29, 0.717) is 26.2 Å². The topological polar surface area (TPSA) is 79.1 Å². The zero-order chi connectivity index (χ0) is 26.7. The van der Waals surface area contributed by atoms with E-state index in [0.717, 1.165) is 10.5 Å². The summed E-state index contributed by atoms with van der Waals surface area (Å²) in [6, 6.07) is 11.3. The number of alkyl halides is 2. The number of carbonyl (C=O) groups is 1. The molecule has 1 aliphatic heterocycles. The minimum Gasteiger partial charge on any atom is -0.493 e. The van der Waals surface area contributed by atoms with Gasteiger partial charge in [-0.3, -0.25) is 9.36 Å². The molecular formula is C26H24F2N2O5S2. The van der Waals surface area contributed by atoms with Crippen molar-refractivity contribution in [2.45, 2.75) is 31.4 Å². The molecule has 7 nitrogen and oxygen atoms in total. The number of rotatable bonds is 8. The molecule has 0 N–H and O–H groups in total. The van der Waals surface area contributed by atoms with Crippen molar-refractivity contribution in [1.82, 2.24) is 4.57 Å². The maximum Gasteiger partial charge on any atom is 0.387 e. The monoisotopic (exact) mass is 546 g/mol. The van der Waals surface area contributed by atoms with Crippen LogP contribution in [0.15, 0.2) is 68.4 Å². The van der Waals surface area contributed by atoms with Gasteiger partial charge in [-0.2, -0.15) is 8.78 Å². The third kappa shape index (κ3) is 5.47. The molecule has 2 heterocycles. The van der Waals surface area contributed by atoms with Crippen LogP contribution in [0.3, 0.4) is 0 Å². The Balaban J connectivity index is 1.87. The summed E-state index contributed by atoms with van der Waals surface area (Å²) < 4.78 is 42.2. The lowest BCUT2D eigenvalue weighted by atomic mass is 9.96. The number of carbonyl (C=O) groups excluding carboxylic acids is 1. The van der Waals surface area contributed by atoms with E-state index in [-0.39, 0.29) is 23.7 Å². The lowest BCUT2D eigenvalue weighted by molar-refractivity contribution is -0.139. The fourth-order valence-corrected chi connectivity index (χ4v) is 5.47. The highest BCUT2D eigenvalue weighted by atomic mass is 32.2. The Labute approximate surface area is 219 Å². The maximum absolute atomic E-state index is 13.7. The Morgan fingerprint density at radius 1 is 1.22 bits per heavy atom. The Bertz CT molecular complexity index is 1530. The number of benzene rings is 2. The number of hydrogen-bond acceptors (Lipinski definition) is 8. The van der Waals surface area contributed by atoms with Gasteiger partial charge in [-0.05, 0) is 61.6 Å². The van der Waals surface area contributed by atoms with Crippen LogP contribution in [0.1, 0.15) is 31.0 Å². The smallest absolute Gasteiger partial charge is 0.387 e. The maximum atomic E-state index is 13.7. The van der Waals surface area contributed by atoms with E-state index in [1.54, 1.807) is 37.8 Å². The highest BCUT2D eigenvalue weighted by Gasteiger charge is 2.33. The van der Waals surface area contributed by atoms with E-state index in [1.807, 2.05) is 30.5 Å². The summed E-state index contributed by atoms with van der Waals surface area (Å²) in [5.74, 6) is -0.537. The fourth-order valence-electron chi connectivity index (χ4n) is 4.01. The molecular weight excluding hydrogens is 522 g/mol. The molecule has 0 amide bonds. The summed E-state index contributed by atoms with van der Waals surface area (Å²) >= 11 is 2.75. The molecule has 2 aromatic carbocycles. The second kappa shape index (κ2) is 11.3. The van der Waals surface area contributed by atoms with Crippen LogP contribution < -0.4 is 24.4 Å². The largest absolute Gasteiger partial charge is 0.493 e. The van der Waals surface area contributed by atoms with Crippen LogP contribution in [-0.4, -0.2) is 37.1 Å². The highest BCUT2D eigenvalue weighted by molar-refractivity contribution is 7.98. The molecule has 4 rings (SSSR count). The van der Waals surface area contributed by atoms with E-state index in [4.69, 9.17) is 9.47 Å². The van der Waals surface area contributed by atoms with E-state index < -0.39 is 18.6 Å². The van der Waals surface area contributed by atoms with E-state index in [9.17, 15) is 18.4 Å². The summed E-state index contributed by atoms with van der Waals surface area (Å²) in [4.78, 5) is 32.7. The van der Waals surface area contributed by atoms with Crippen molar-refractivity contribution < 1.29 is 27.8 Å². The molecule has 0 unspecified atom stereocenters. The number of allylic oxidation sites excluding steroid dienone is 1. The molecule has 0 aliphatic carbocycles. The predicted octanol–water partition coefficient (Wildman–Crippen LogP) is 4.13. The Hall–Kier alpha value is -3.44. The summed E-state index contributed by atoms with van der Waals surface area (Å²) in [5, 5.41) is 0. The van der Waals surface area contributed by atoms with Gasteiger partial charge in [0.25, 0.3) is 5.56 Å². The molecule has 1 aromatic heterocycles. The van der Waals surface area contributed by atoms with Crippen LogP contribution >= 0.6 is 23.1 Å². The Morgan fingerprint density at radius 2 is 1.95 bits per heavy atom. The zero-order valence-corrected chi connectivity index (χ0v) is 22.1. The number of esters is 1. The second-order valence-corrected chi connectivity index (χ2v) is 9.75. The number of thiazole rings is 1. The van der Waals surface area contributed by atoms with Crippen LogP contribution in [0.25, 0.3) is 6.08 Å². The van der Waals surface area contributed by atoms with Crippen molar-refractivity contribution in [2.75, 3.05) is 20.0 Å². The molecule has 0 saturated heterocycles. The quantitative estimate of drug-likeness (QED) is 0.312. The molecule has 0 saturated carbocycles. The molecule has 0 bridgehead atoms. The standard InChI is InChI=1S/C26H24F2N2O5S2/c1-5-34-24(32)21-14(2)29-26-30(22(21)16-7-9-17(36-4)10-8-16)23(31)20(37-26)13-15-6-11-18(35-25(27)28)19(12-15)33-3/h6-13,22,25H,5H2,1-4H3/b20-13+/t22-/m0/s1. The Morgan fingerprint density at radius 3 is 2.57 bits per heavy atom. The molecule has 0 radical (unpaired) electrons. The minimum atomic E-state index is -3.00. The average Bonchev–Trinajstić information content (AvgIpc) is 3.18. The molecule has 1 atom stereocenters. The first kappa shape index (κ1) is 26.6. The number of thioether (sulfide) groups is 1. The number of aromatic nitrogens is 1. The summed E-state index contributed by atoms with van der Waals surface area (Å²) in [6.45, 7) is 0.632. The minimum absolute atomic E-state index is 0.106. The van der Waals surface area contributed by atoms with Gasteiger partial charge in [-0.15, -0.1) is 11.8 Å². The third-order valence-corrected chi connectivity index (χ3v) is 7.38. The average molecular weight is 547 g/mol. The van der Waals surface area contributed by atoms with Gasteiger partial charge < -0.3 is 14.2 Å². The SMILES string of the molecule is CCOC(=O)C1=C(C)N=c2s/c(=C/c3ccc(OC(F)F)c(OC)c3)c(=O)n2[C@H]1c1ccc(SC)cc1. The molecule has 194 valence electrons. The van der Waals surface area contributed by atoms with Gasteiger partial charge in [-0.25, -0.2) is 9.79 Å². The number of methoxy groups -OCH3 is 1. The normalized spacial score (nSPS) is 15.4. The molecule has 0 fully saturated rings. The van der Waals surface area contributed by atoms with Crippen LogP contribution in [0.2, 0.25) is 0 Å². The number of halogens is 2. The van der Waals surface area contributed by atoms with Gasteiger partial charge in [0.05, 0.1) is 35.6 Å². The van der Waals surface area contributed by atoms with Crippen LogP contribution in [-0.2, 0) is 9.53 Å². The van der Waals surface area contributed by atoms with Gasteiger partial charge >= 0.3 is 12.6 Å². The fraction of sp³-hybridized carbons (Fsp3) is 0.269. The first-order valence-electron chi connectivity index (χ1n) is 11.2. The van der Waals surface area contributed by atoms with Crippen molar-refractivity contribution >= 4 is 35.1 Å². The number of hydrogen-bond donors (Lipinski definition) is 0. The highest BCUT2D eigenvalue weighted by Crippen LogP contribution is 2.32. The molecule has 11 heteroatoms. The predicted molar refractivity (Wildman–Crippen MR) is 138 cm³/mol. The van der Waals surface area contributed by atoms with Crippen LogP contribution in [0.5, 0.6) is 11.5 Å². The molecule has 3 aromatic rings. The van der Waals surface area contributed by atoms with E-state index in [1.165, 1.54) is 35.1 Å². The van der Waals surface area contributed by atoms with Gasteiger partial charge in [0, 0.05) is 4.90 Å². The second-order valence-electron chi connectivity index (χ2n) is 7.86. The van der Waals surface area contributed by atoms with Crippen molar-refractivity contribution in [2.24, 2.45) is 4.99 Å². The Kier molecular flexibility index (Phi) is 8.13. The molecule has 0 spiro atoms. The van der Waals surface area contributed by atoms with Gasteiger partial charge in [0.1, 0.15) is 0 Å². The first-order chi connectivity index (χ1) is 17.8. The lowest BCUT2D eigenvalue weighted by Gasteiger charge is -2.24. The summed E-state index contributed by atoms with van der Waals surface area (Å²) in [7, 11) is 1.34. The molecule has 1 aliphatic rings. The number of nitrogens with zero attached hydrogens (tertiary/aromatic N) is 2. The van der Waals surface area contributed by atoms with Crippen LogP contribution in [0, 0.1) is 0 Å². The van der Waals surface area contributed by atoms with Crippen molar-refractivity contribution in [1.29, 1.82) is 0 Å². The van der Waals surface area contributed by atoms with E-state index >= 15 is 0 Å². The van der Waals surface area contributed by atoms with Gasteiger partial charge in [0.15, 0.2) is 16.3 Å². The number of fused-ring (bicyclic) bond motifs is 1.